The maximum Gasteiger partial charge on any atom is 0.333 e. The normalized spacial score (nSPS) is 11.2. The van der Waals surface area contributed by atoms with E-state index in [4.69, 9.17) is 21.1 Å². The molecule has 0 amide bonds. The van der Waals surface area contributed by atoms with Crippen LogP contribution in [0.1, 0.15) is 18.1 Å². The Balaban J connectivity index is 1.98. The molecule has 0 saturated heterocycles. The Bertz CT molecular complexity index is 1250. The summed E-state index contributed by atoms with van der Waals surface area (Å²) in [6.45, 7) is 4.28. The van der Waals surface area contributed by atoms with Crippen molar-refractivity contribution in [2.75, 3.05) is 24.9 Å². The molecule has 3 aromatic rings. The lowest BCUT2D eigenvalue weighted by Gasteiger charge is -2.18. The van der Waals surface area contributed by atoms with Crippen molar-refractivity contribution in [3.05, 3.63) is 73.5 Å². The lowest BCUT2D eigenvalue weighted by atomic mass is 10.00. The molecule has 3 rings (SSSR count). The molecule has 176 valence electrons. The van der Waals surface area contributed by atoms with E-state index in [0.29, 0.717) is 40.9 Å². The van der Waals surface area contributed by atoms with E-state index >= 15 is 0 Å². The standard InChI is InChI=1S/C24H29ClN3O4S/c1-6-18-21(27(3)24(30)28(23(18)29)15-31-12-13-33(4)5)19-10-9-17(14-16(19)2)32-22-20(25)8-7-11-26-22/h7-11,14H,6,12-13,15H2,1-5H3/q+1. The molecule has 9 heteroatoms. The fourth-order valence-electron chi connectivity index (χ4n) is 3.51. The first-order chi connectivity index (χ1) is 15.7. The second-order valence-corrected chi connectivity index (χ2v) is 10.6. The largest absolute Gasteiger partial charge is 0.438 e. The Morgan fingerprint density at radius 1 is 1.18 bits per heavy atom. The average molecular weight is 491 g/mol. The predicted octanol–water partition coefficient (Wildman–Crippen LogP) is 3.78. The molecule has 0 aliphatic rings. The number of benzene rings is 1. The summed E-state index contributed by atoms with van der Waals surface area (Å²) in [5.74, 6) is 1.77. The van der Waals surface area contributed by atoms with Gasteiger partial charge >= 0.3 is 5.69 Å². The first-order valence-electron chi connectivity index (χ1n) is 10.6. The van der Waals surface area contributed by atoms with Crippen LogP contribution < -0.4 is 16.0 Å². The van der Waals surface area contributed by atoms with Gasteiger partial charge in [0.05, 0.1) is 24.8 Å². The summed E-state index contributed by atoms with van der Waals surface area (Å²) in [6.07, 6.45) is 6.34. The Labute approximate surface area is 201 Å². The van der Waals surface area contributed by atoms with E-state index in [-0.39, 0.29) is 23.2 Å². The Kier molecular flexibility index (Phi) is 8.40. The van der Waals surface area contributed by atoms with Gasteiger partial charge < -0.3 is 9.47 Å². The van der Waals surface area contributed by atoms with Crippen LogP contribution in [0.2, 0.25) is 5.02 Å². The van der Waals surface area contributed by atoms with Gasteiger partial charge in [-0.15, -0.1) is 0 Å². The van der Waals surface area contributed by atoms with Crippen LogP contribution >= 0.6 is 11.6 Å². The van der Waals surface area contributed by atoms with E-state index in [0.717, 1.165) is 16.9 Å². The maximum absolute atomic E-state index is 13.2. The van der Waals surface area contributed by atoms with Gasteiger partial charge in [0.2, 0.25) is 5.88 Å². The topological polar surface area (TPSA) is 75.3 Å². The van der Waals surface area contributed by atoms with Crippen molar-refractivity contribution in [1.29, 1.82) is 0 Å². The van der Waals surface area contributed by atoms with Crippen LogP contribution in [0, 0.1) is 6.92 Å². The molecule has 0 spiro atoms. The highest BCUT2D eigenvalue weighted by Crippen LogP contribution is 2.31. The molecule has 0 aliphatic heterocycles. The highest BCUT2D eigenvalue weighted by atomic mass is 35.5. The van der Waals surface area contributed by atoms with Crippen LogP contribution in [0.25, 0.3) is 11.3 Å². The van der Waals surface area contributed by atoms with E-state index in [2.05, 4.69) is 17.5 Å². The number of aromatic nitrogens is 3. The molecule has 0 unspecified atom stereocenters. The first-order valence-corrected chi connectivity index (χ1v) is 13.2. The zero-order valence-electron chi connectivity index (χ0n) is 19.6. The molecule has 0 atom stereocenters. The third-order valence-corrected chi connectivity index (χ3v) is 6.52. The quantitative estimate of drug-likeness (QED) is 0.337. The van der Waals surface area contributed by atoms with E-state index in [1.54, 1.807) is 31.4 Å². The van der Waals surface area contributed by atoms with Crippen molar-refractivity contribution in [3.8, 4) is 22.9 Å². The van der Waals surface area contributed by atoms with Crippen molar-refractivity contribution >= 4 is 22.5 Å². The van der Waals surface area contributed by atoms with Gasteiger partial charge in [-0.25, -0.2) is 14.3 Å². The van der Waals surface area contributed by atoms with E-state index in [9.17, 15) is 9.59 Å². The zero-order chi connectivity index (χ0) is 24.1. The predicted molar refractivity (Wildman–Crippen MR) is 135 cm³/mol. The molecule has 0 aliphatic carbocycles. The third-order valence-electron chi connectivity index (χ3n) is 5.24. The maximum atomic E-state index is 13.2. The molecule has 2 aromatic heterocycles. The molecule has 0 bridgehead atoms. The van der Waals surface area contributed by atoms with Crippen LogP contribution in [-0.4, -0.2) is 39.0 Å². The average Bonchev–Trinajstić information content (AvgIpc) is 2.77. The van der Waals surface area contributed by atoms with Gasteiger partial charge in [0.1, 0.15) is 23.3 Å². The molecular weight excluding hydrogens is 462 g/mol. The molecule has 7 nitrogen and oxygen atoms in total. The number of ether oxygens (including phenoxy) is 2. The fraction of sp³-hybridized carbons (Fsp3) is 0.375. The van der Waals surface area contributed by atoms with Crippen LogP contribution in [0.3, 0.4) is 0 Å². The number of aryl methyl sites for hydroxylation is 1. The summed E-state index contributed by atoms with van der Waals surface area (Å²) in [7, 11) is 1.92. The van der Waals surface area contributed by atoms with Crippen molar-refractivity contribution in [2.45, 2.75) is 27.0 Å². The zero-order valence-corrected chi connectivity index (χ0v) is 21.1. The van der Waals surface area contributed by atoms with Crippen molar-refractivity contribution < 1.29 is 9.47 Å². The molecule has 2 heterocycles. The van der Waals surface area contributed by atoms with E-state index in [1.165, 1.54) is 9.13 Å². The van der Waals surface area contributed by atoms with Crippen LogP contribution in [0.4, 0.5) is 0 Å². The van der Waals surface area contributed by atoms with E-state index < -0.39 is 5.69 Å². The number of rotatable bonds is 9. The first kappa shape index (κ1) is 25.1. The highest BCUT2D eigenvalue weighted by Gasteiger charge is 2.19. The minimum Gasteiger partial charge on any atom is -0.438 e. The highest BCUT2D eigenvalue weighted by molar-refractivity contribution is 7.95. The van der Waals surface area contributed by atoms with Gasteiger partial charge in [-0.2, -0.15) is 0 Å². The van der Waals surface area contributed by atoms with Crippen molar-refractivity contribution in [3.63, 3.8) is 0 Å². The van der Waals surface area contributed by atoms with Gasteiger partial charge in [-0.3, -0.25) is 9.36 Å². The second-order valence-electron chi connectivity index (χ2n) is 7.85. The Morgan fingerprint density at radius 2 is 1.94 bits per heavy atom. The summed E-state index contributed by atoms with van der Waals surface area (Å²) in [6, 6.07) is 8.90. The van der Waals surface area contributed by atoms with Gasteiger partial charge in [0.15, 0.2) is 0 Å². The van der Waals surface area contributed by atoms with Gasteiger partial charge in [-0.1, -0.05) is 18.5 Å². The molecule has 0 saturated carbocycles. The van der Waals surface area contributed by atoms with Crippen molar-refractivity contribution in [1.82, 2.24) is 14.1 Å². The Morgan fingerprint density at radius 3 is 2.58 bits per heavy atom. The van der Waals surface area contributed by atoms with Gasteiger partial charge in [-0.05, 0) is 60.1 Å². The minimum atomic E-state index is -0.404. The number of hydrogen-bond acceptors (Lipinski definition) is 5. The van der Waals surface area contributed by atoms with Crippen molar-refractivity contribution in [2.24, 2.45) is 7.05 Å². The SMILES string of the molecule is CCc1c(-c2ccc(Oc3ncccc3Cl)cc2C)n(C)c(=O)n(COCC[S+](C)C)c1=O. The Hall–Kier alpha value is -2.55. The molecule has 0 fully saturated rings. The summed E-state index contributed by atoms with van der Waals surface area (Å²) in [5, 5.41) is 0.412. The minimum absolute atomic E-state index is 0.0490. The van der Waals surface area contributed by atoms with Crippen LogP contribution in [0.5, 0.6) is 11.6 Å². The second kappa shape index (κ2) is 11.0. The van der Waals surface area contributed by atoms with Gasteiger partial charge in [0.25, 0.3) is 5.56 Å². The summed E-state index contributed by atoms with van der Waals surface area (Å²) in [4.78, 5) is 30.4. The number of pyridine rings is 1. The summed E-state index contributed by atoms with van der Waals surface area (Å²) in [5.41, 5.74) is 2.10. The fourth-order valence-corrected chi connectivity index (χ4v) is 4.12. The molecule has 33 heavy (non-hydrogen) atoms. The molecule has 1 aromatic carbocycles. The molecule has 0 radical (unpaired) electrons. The summed E-state index contributed by atoms with van der Waals surface area (Å²) >= 11 is 6.14. The number of nitrogens with zero attached hydrogens (tertiary/aromatic N) is 3. The molecule has 0 N–H and O–H groups in total. The monoisotopic (exact) mass is 490 g/mol. The third kappa shape index (κ3) is 5.69. The lowest BCUT2D eigenvalue weighted by molar-refractivity contribution is 0.0829. The smallest absolute Gasteiger partial charge is 0.333 e. The summed E-state index contributed by atoms with van der Waals surface area (Å²) < 4.78 is 14.1. The van der Waals surface area contributed by atoms with Crippen LogP contribution in [0.15, 0.2) is 46.1 Å². The molecular formula is C24H29ClN3O4S+. The number of hydrogen-bond donors (Lipinski definition) is 0. The van der Waals surface area contributed by atoms with Crippen LogP contribution in [-0.2, 0) is 35.8 Å². The van der Waals surface area contributed by atoms with E-state index in [1.807, 2.05) is 26.0 Å². The van der Waals surface area contributed by atoms with Gasteiger partial charge in [0, 0.05) is 24.4 Å². The number of halogens is 1. The lowest BCUT2D eigenvalue weighted by Crippen LogP contribution is -2.42.